The molecule has 0 aliphatic heterocycles. The first-order valence-corrected chi connectivity index (χ1v) is 7.79. The summed E-state index contributed by atoms with van der Waals surface area (Å²) in [6.45, 7) is 0. The topological polar surface area (TPSA) is 113 Å². The molecule has 0 saturated carbocycles. The molecular weight excluding hydrogens is 352 g/mol. The molecule has 0 unspecified atom stereocenters. The van der Waals surface area contributed by atoms with Crippen molar-refractivity contribution in [2.75, 3.05) is 7.11 Å². The molecule has 9 nitrogen and oxygen atoms in total. The molecule has 0 spiro atoms. The average molecular weight is 366 g/mol. The Morgan fingerprint density at radius 1 is 1.00 bits per heavy atom. The van der Waals surface area contributed by atoms with E-state index in [1.54, 1.807) is 19.3 Å². The van der Waals surface area contributed by atoms with E-state index in [-0.39, 0.29) is 11.4 Å². The molecule has 9 heteroatoms. The number of aromatic nitrogens is 2. The normalized spacial score (nSPS) is 10.9. The number of rotatable bonds is 6. The lowest BCUT2D eigenvalue weighted by Gasteiger charge is -2.06. The van der Waals surface area contributed by atoms with Crippen molar-refractivity contribution >= 4 is 23.5 Å². The number of nitrogens with zero attached hydrogens (tertiary/aromatic N) is 4. The Morgan fingerprint density at radius 3 is 2.37 bits per heavy atom. The SMILES string of the molecule is COc1ccc(/C=C/c2ccnn2-c2ccc([N+](=O)[O-])cc2[N+](=O)[O-])cc1. The quantitative estimate of drug-likeness (QED) is 0.483. The second-order valence-corrected chi connectivity index (χ2v) is 5.46. The molecule has 0 fully saturated rings. The van der Waals surface area contributed by atoms with Gasteiger partial charge in [-0.3, -0.25) is 20.2 Å². The summed E-state index contributed by atoms with van der Waals surface area (Å²) < 4.78 is 6.47. The van der Waals surface area contributed by atoms with Crippen molar-refractivity contribution in [3.63, 3.8) is 0 Å². The van der Waals surface area contributed by atoms with Gasteiger partial charge >= 0.3 is 5.69 Å². The number of benzene rings is 2. The van der Waals surface area contributed by atoms with Gasteiger partial charge in [0.1, 0.15) is 11.4 Å². The first kappa shape index (κ1) is 17.8. The predicted molar refractivity (Wildman–Crippen MR) is 98.8 cm³/mol. The van der Waals surface area contributed by atoms with Crippen LogP contribution >= 0.6 is 0 Å². The smallest absolute Gasteiger partial charge is 0.301 e. The number of hydrogen-bond donors (Lipinski definition) is 0. The van der Waals surface area contributed by atoms with E-state index >= 15 is 0 Å². The molecule has 0 radical (unpaired) electrons. The van der Waals surface area contributed by atoms with Gasteiger partial charge in [-0.15, -0.1) is 0 Å². The fourth-order valence-electron chi connectivity index (χ4n) is 2.49. The van der Waals surface area contributed by atoms with Gasteiger partial charge in [0.25, 0.3) is 5.69 Å². The lowest BCUT2D eigenvalue weighted by Crippen LogP contribution is -2.04. The van der Waals surface area contributed by atoms with Crippen LogP contribution in [0, 0.1) is 20.2 Å². The Kier molecular flexibility index (Phi) is 4.93. The van der Waals surface area contributed by atoms with Gasteiger partial charge in [-0.05, 0) is 35.9 Å². The Balaban J connectivity index is 1.98. The molecule has 27 heavy (non-hydrogen) atoms. The molecule has 0 atom stereocenters. The van der Waals surface area contributed by atoms with Crippen molar-refractivity contribution in [2.45, 2.75) is 0 Å². The molecule has 1 aromatic heterocycles. The van der Waals surface area contributed by atoms with Gasteiger partial charge in [0.15, 0.2) is 0 Å². The minimum atomic E-state index is -0.676. The van der Waals surface area contributed by atoms with Crippen LogP contribution in [0.1, 0.15) is 11.3 Å². The summed E-state index contributed by atoms with van der Waals surface area (Å²) in [6.07, 6.45) is 5.07. The second kappa shape index (κ2) is 7.48. The van der Waals surface area contributed by atoms with E-state index in [4.69, 9.17) is 4.74 Å². The zero-order valence-corrected chi connectivity index (χ0v) is 14.2. The van der Waals surface area contributed by atoms with Crippen molar-refractivity contribution in [3.8, 4) is 11.4 Å². The molecular formula is C18H14N4O5. The van der Waals surface area contributed by atoms with Crippen LogP contribution in [-0.4, -0.2) is 26.7 Å². The van der Waals surface area contributed by atoms with Gasteiger partial charge < -0.3 is 4.74 Å². The molecule has 1 heterocycles. The highest BCUT2D eigenvalue weighted by Crippen LogP contribution is 2.28. The van der Waals surface area contributed by atoms with Crippen LogP contribution in [0.15, 0.2) is 54.7 Å². The van der Waals surface area contributed by atoms with Crippen LogP contribution < -0.4 is 4.74 Å². The van der Waals surface area contributed by atoms with E-state index in [0.29, 0.717) is 5.69 Å². The first-order valence-electron chi connectivity index (χ1n) is 7.79. The van der Waals surface area contributed by atoms with Gasteiger partial charge in [-0.25, -0.2) is 4.68 Å². The predicted octanol–water partition coefficient (Wildman–Crippen LogP) is 3.87. The van der Waals surface area contributed by atoms with Gasteiger partial charge in [0.05, 0.1) is 34.9 Å². The summed E-state index contributed by atoms with van der Waals surface area (Å²) in [7, 11) is 1.58. The standard InChI is InChI=1S/C18H14N4O5/c1-27-16-7-3-13(4-8-16)2-5-14-10-11-19-20(14)17-9-6-15(21(23)24)12-18(17)22(25)26/h2-12H,1H3/b5-2+. The molecule has 0 amide bonds. The highest BCUT2D eigenvalue weighted by atomic mass is 16.6. The Morgan fingerprint density at radius 2 is 1.74 bits per heavy atom. The monoisotopic (exact) mass is 366 g/mol. The van der Waals surface area contributed by atoms with Gasteiger partial charge in [0, 0.05) is 6.07 Å². The molecule has 2 aromatic carbocycles. The van der Waals surface area contributed by atoms with Gasteiger partial charge in [-0.2, -0.15) is 5.10 Å². The Bertz CT molecular complexity index is 1020. The fourth-order valence-corrected chi connectivity index (χ4v) is 2.49. The molecule has 0 N–H and O–H groups in total. The minimum Gasteiger partial charge on any atom is -0.497 e. The fraction of sp³-hybridized carbons (Fsp3) is 0.0556. The third kappa shape index (κ3) is 3.82. The van der Waals surface area contributed by atoms with Crippen LogP contribution in [0.2, 0.25) is 0 Å². The summed E-state index contributed by atoms with van der Waals surface area (Å²) in [6, 6.07) is 12.5. The van der Waals surface area contributed by atoms with Gasteiger partial charge in [0.2, 0.25) is 0 Å². The van der Waals surface area contributed by atoms with Crippen LogP contribution in [0.25, 0.3) is 17.8 Å². The summed E-state index contributed by atoms with van der Waals surface area (Å²) in [5, 5.41) is 26.4. The summed E-state index contributed by atoms with van der Waals surface area (Å²) in [4.78, 5) is 20.9. The summed E-state index contributed by atoms with van der Waals surface area (Å²) in [5.74, 6) is 0.735. The molecule has 136 valence electrons. The van der Waals surface area contributed by atoms with Crippen molar-refractivity contribution < 1.29 is 14.6 Å². The maximum absolute atomic E-state index is 11.4. The molecule has 0 aliphatic carbocycles. The zero-order valence-electron chi connectivity index (χ0n) is 14.2. The highest BCUT2D eigenvalue weighted by Gasteiger charge is 2.22. The van der Waals surface area contributed by atoms with Crippen molar-refractivity contribution in [2.24, 2.45) is 0 Å². The molecule has 0 bridgehead atoms. The second-order valence-electron chi connectivity index (χ2n) is 5.46. The van der Waals surface area contributed by atoms with E-state index in [1.807, 2.05) is 30.3 Å². The number of non-ortho nitro benzene ring substituents is 1. The van der Waals surface area contributed by atoms with Crippen LogP contribution in [0.4, 0.5) is 11.4 Å². The first-order chi connectivity index (χ1) is 13.0. The van der Waals surface area contributed by atoms with E-state index in [9.17, 15) is 20.2 Å². The number of hydrogen-bond acceptors (Lipinski definition) is 6. The number of nitro groups is 2. The van der Waals surface area contributed by atoms with E-state index in [1.165, 1.54) is 23.0 Å². The Hall–Kier alpha value is -4.01. The van der Waals surface area contributed by atoms with Crippen molar-refractivity contribution in [1.82, 2.24) is 9.78 Å². The number of methoxy groups -OCH3 is 1. The van der Waals surface area contributed by atoms with Gasteiger partial charge in [-0.1, -0.05) is 18.2 Å². The summed E-state index contributed by atoms with van der Waals surface area (Å²) in [5.41, 5.74) is 0.884. The van der Waals surface area contributed by atoms with E-state index in [0.717, 1.165) is 17.4 Å². The third-order valence-electron chi connectivity index (χ3n) is 3.83. The molecule has 0 aliphatic rings. The third-order valence-corrected chi connectivity index (χ3v) is 3.83. The lowest BCUT2D eigenvalue weighted by molar-refractivity contribution is -0.394. The lowest BCUT2D eigenvalue weighted by atomic mass is 10.2. The average Bonchev–Trinajstić information content (AvgIpc) is 3.14. The zero-order chi connectivity index (χ0) is 19.4. The van der Waals surface area contributed by atoms with Crippen molar-refractivity contribution in [3.05, 3.63) is 86.2 Å². The highest BCUT2D eigenvalue weighted by molar-refractivity contribution is 5.70. The minimum absolute atomic E-state index is 0.144. The van der Waals surface area contributed by atoms with Crippen LogP contribution in [-0.2, 0) is 0 Å². The van der Waals surface area contributed by atoms with Crippen LogP contribution in [0.3, 0.4) is 0 Å². The van der Waals surface area contributed by atoms with Crippen LogP contribution in [0.5, 0.6) is 5.75 Å². The van der Waals surface area contributed by atoms with E-state index < -0.39 is 15.5 Å². The maximum atomic E-state index is 11.4. The maximum Gasteiger partial charge on any atom is 0.301 e. The molecule has 3 aromatic rings. The Labute approximate surface area is 153 Å². The molecule has 0 saturated heterocycles. The summed E-state index contributed by atoms with van der Waals surface area (Å²) >= 11 is 0. The van der Waals surface area contributed by atoms with Crippen molar-refractivity contribution in [1.29, 1.82) is 0 Å². The molecule has 3 rings (SSSR count). The van der Waals surface area contributed by atoms with E-state index in [2.05, 4.69) is 5.10 Å². The number of ether oxygens (including phenoxy) is 1. The number of nitro benzene ring substituents is 2. The largest absolute Gasteiger partial charge is 0.497 e.